The molecular weight excluding hydrogens is 308 g/mol. The van der Waals surface area contributed by atoms with Crippen molar-refractivity contribution in [3.63, 3.8) is 0 Å². The van der Waals surface area contributed by atoms with E-state index in [0.717, 1.165) is 55.9 Å². The minimum atomic E-state index is -0.250. The average molecular weight is 332 g/mol. The van der Waals surface area contributed by atoms with Gasteiger partial charge in [-0.05, 0) is 19.9 Å². The van der Waals surface area contributed by atoms with Crippen LogP contribution in [0.25, 0.3) is 0 Å². The number of aromatic nitrogens is 4. The third-order valence-corrected chi connectivity index (χ3v) is 3.91. The fraction of sp³-hybridized carbons (Fsp3) is 0.500. The van der Waals surface area contributed by atoms with Gasteiger partial charge in [0.05, 0.1) is 6.54 Å². The molecule has 0 bridgehead atoms. The monoisotopic (exact) mass is 332 g/mol. The van der Waals surface area contributed by atoms with E-state index >= 15 is 0 Å². The Morgan fingerprint density at radius 1 is 1.17 bits per heavy atom. The molecule has 130 valence electrons. The van der Waals surface area contributed by atoms with Crippen molar-refractivity contribution in [1.29, 1.82) is 0 Å². The highest BCUT2D eigenvalue weighted by Gasteiger charge is 2.20. The van der Waals surface area contributed by atoms with Crippen LogP contribution in [0.5, 0.6) is 0 Å². The topological polar surface area (TPSA) is 87.4 Å². The number of hydrogen-bond acceptors (Lipinski definition) is 6. The van der Waals surface area contributed by atoms with Gasteiger partial charge >= 0.3 is 0 Å². The molecule has 1 fully saturated rings. The van der Waals surface area contributed by atoms with E-state index in [9.17, 15) is 0 Å². The largest absolute Gasteiger partial charge is 0.483 e. The summed E-state index contributed by atoms with van der Waals surface area (Å²) in [6.45, 7) is 8.67. The first kappa shape index (κ1) is 17.9. The molecular formula is C16H24N6O2. The summed E-state index contributed by atoms with van der Waals surface area (Å²) in [6, 6.07) is 2.01. The molecule has 24 heavy (non-hydrogen) atoms. The van der Waals surface area contributed by atoms with E-state index in [1.54, 1.807) is 0 Å². The second kappa shape index (κ2) is 8.39. The van der Waals surface area contributed by atoms with Gasteiger partial charge in [0.1, 0.15) is 5.82 Å². The van der Waals surface area contributed by atoms with E-state index in [2.05, 4.69) is 29.3 Å². The summed E-state index contributed by atoms with van der Waals surface area (Å²) in [7, 11) is 2.04. The molecule has 0 aliphatic carbocycles. The molecule has 8 nitrogen and oxygen atoms in total. The van der Waals surface area contributed by atoms with Crippen LogP contribution in [0.2, 0.25) is 0 Å². The number of rotatable bonds is 3. The van der Waals surface area contributed by atoms with Crippen molar-refractivity contribution in [2.45, 2.75) is 20.4 Å². The number of anilines is 1. The van der Waals surface area contributed by atoms with Gasteiger partial charge < -0.3 is 14.6 Å². The van der Waals surface area contributed by atoms with Gasteiger partial charge in [0, 0.05) is 57.0 Å². The highest BCUT2D eigenvalue weighted by atomic mass is 16.3. The smallest absolute Gasteiger partial charge is 0.290 e. The Balaban J connectivity index is 0.000000647. The van der Waals surface area contributed by atoms with Crippen molar-refractivity contribution in [1.82, 2.24) is 24.4 Å². The maximum absolute atomic E-state index is 8.36. The second-order valence-corrected chi connectivity index (χ2v) is 5.77. The molecule has 0 spiro atoms. The molecule has 1 saturated heterocycles. The minimum Gasteiger partial charge on any atom is -0.483 e. The molecule has 2 aromatic rings. The molecule has 1 N–H and O–H groups in total. The van der Waals surface area contributed by atoms with Gasteiger partial charge in [-0.2, -0.15) is 0 Å². The lowest BCUT2D eigenvalue weighted by Crippen LogP contribution is -2.46. The summed E-state index contributed by atoms with van der Waals surface area (Å²) >= 11 is 0. The number of carbonyl (C=O) groups is 1. The van der Waals surface area contributed by atoms with Gasteiger partial charge in [-0.3, -0.25) is 9.69 Å². The Labute approximate surface area is 141 Å². The van der Waals surface area contributed by atoms with Crippen LogP contribution in [-0.4, -0.2) is 62.2 Å². The normalized spacial score (nSPS) is 14.9. The molecule has 0 atom stereocenters. The van der Waals surface area contributed by atoms with Gasteiger partial charge in [0.15, 0.2) is 0 Å². The fourth-order valence-electron chi connectivity index (χ4n) is 2.70. The number of imidazole rings is 1. The van der Waals surface area contributed by atoms with Gasteiger partial charge in [0.2, 0.25) is 5.95 Å². The molecule has 1 aliphatic heterocycles. The molecule has 2 aromatic heterocycles. The summed E-state index contributed by atoms with van der Waals surface area (Å²) in [5.41, 5.74) is 2.07. The van der Waals surface area contributed by atoms with Crippen LogP contribution in [0.15, 0.2) is 18.5 Å². The summed E-state index contributed by atoms with van der Waals surface area (Å²) in [6.07, 6.45) is 3.85. The Hall–Kier alpha value is -2.48. The summed E-state index contributed by atoms with van der Waals surface area (Å²) in [4.78, 5) is 26.6. The van der Waals surface area contributed by atoms with E-state index in [-0.39, 0.29) is 6.47 Å². The number of aryl methyl sites for hydroxylation is 3. The molecule has 0 unspecified atom stereocenters. The zero-order valence-corrected chi connectivity index (χ0v) is 14.4. The Morgan fingerprint density at radius 3 is 2.25 bits per heavy atom. The fourth-order valence-corrected chi connectivity index (χ4v) is 2.70. The average Bonchev–Trinajstić information content (AvgIpc) is 2.93. The van der Waals surface area contributed by atoms with Crippen molar-refractivity contribution in [3.8, 4) is 0 Å². The first-order valence-corrected chi connectivity index (χ1v) is 7.87. The van der Waals surface area contributed by atoms with Crippen LogP contribution >= 0.6 is 0 Å². The molecule has 0 radical (unpaired) electrons. The van der Waals surface area contributed by atoms with Gasteiger partial charge in [-0.25, -0.2) is 15.0 Å². The molecule has 0 saturated carbocycles. The molecule has 3 heterocycles. The summed E-state index contributed by atoms with van der Waals surface area (Å²) in [5, 5.41) is 6.89. The van der Waals surface area contributed by atoms with Crippen LogP contribution < -0.4 is 4.90 Å². The lowest BCUT2D eigenvalue weighted by molar-refractivity contribution is -0.122. The van der Waals surface area contributed by atoms with E-state index in [4.69, 9.17) is 9.90 Å². The van der Waals surface area contributed by atoms with E-state index < -0.39 is 0 Å². The SMILES string of the molecule is Cc1cc(C)nc(N2CCN(Cc3nccn3C)CC2)n1.O=CO. The van der Waals surface area contributed by atoms with E-state index in [1.165, 1.54) is 0 Å². The summed E-state index contributed by atoms with van der Waals surface area (Å²) < 4.78 is 2.08. The van der Waals surface area contributed by atoms with Crippen LogP contribution in [0.4, 0.5) is 5.95 Å². The standard InChI is InChI=1S/C15H22N6.CH2O2/c1-12-10-13(2)18-15(17-12)21-8-6-20(7-9-21)11-14-16-4-5-19(14)3;2-1-3/h4-5,10H,6-9,11H2,1-3H3;1H,(H,2,3). The minimum absolute atomic E-state index is 0.250. The molecule has 3 rings (SSSR count). The quantitative estimate of drug-likeness (QED) is 0.834. The third-order valence-electron chi connectivity index (χ3n) is 3.91. The van der Waals surface area contributed by atoms with Crippen molar-refractivity contribution >= 4 is 12.4 Å². The lowest BCUT2D eigenvalue weighted by Gasteiger charge is -2.34. The third kappa shape index (κ3) is 4.76. The highest BCUT2D eigenvalue weighted by molar-refractivity contribution is 5.33. The number of hydrogen-bond donors (Lipinski definition) is 1. The zero-order valence-electron chi connectivity index (χ0n) is 14.4. The maximum atomic E-state index is 8.36. The highest BCUT2D eigenvalue weighted by Crippen LogP contribution is 2.14. The van der Waals surface area contributed by atoms with Crippen LogP contribution in [0.1, 0.15) is 17.2 Å². The predicted molar refractivity (Wildman–Crippen MR) is 90.9 cm³/mol. The van der Waals surface area contributed by atoms with Crippen LogP contribution in [0, 0.1) is 13.8 Å². The van der Waals surface area contributed by atoms with E-state index in [0.29, 0.717) is 0 Å². The van der Waals surface area contributed by atoms with Crippen molar-refractivity contribution in [2.24, 2.45) is 7.05 Å². The molecule has 0 aromatic carbocycles. The first-order chi connectivity index (χ1) is 11.5. The number of piperazine rings is 1. The number of carboxylic acid groups (broad SMARTS) is 1. The van der Waals surface area contributed by atoms with Crippen molar-refractivity contribution in [3.05, 3.63) is 35.7 Å². The second-order valence-electron chi connectivity index (χ2n) is 5.77. The lowest BCUT2D eigenvalue weighted by atomic mass is 10.3. The first-order valence-electron chi connectivity index (χ1n) is 7.87. The molecule has 8 heteroatoms. The Morgan fingerprint density at radius 2 is 1.75 bits per heavy atom. The van der Waals surface area contributed by atoms with Gasteiger partial charge in [-0.1, -0.05) is 0 Å². The molecule has 0 amide bonds. The number of nitrogens with zero attached hydrogens (tertiary/aromatic N) is 6. The van der Waals surface area contributed by atoms with E-state index in [1.807, 2.05) is 39.4 Å². The van der Waals surface area contributed by atoms with Gasteiger partial charge in [0.25, 0.3) is 6.47 Å². The van der Waals surface area contributed by atoms with Crippen molar-refractivity contribution in [2.75, 3.05) is 31.1 Å². The van der Waals surface area contributed by atoms with Crippen LogP contribution in [-0.2, 0) is 18.4 Å². The van der Waals surface area contributed by atoms with Crippen LogP contribution in [0.3, 0.4) is 0 Å². The maximum Gasteiger partial charge on any atom is 0.290 e. The summed E-state index contributed by atoms with van der Waals surface area (Å²) in [5.74, 6) is 1.98. The molecule has 1 aliphatic rings. The van der Waals surface area contributed by atoms with Gasteiger partial charge in [-0.15, -0.1) is 0 Å². The zero-order chi connectivity index (χ0) is 17.5. The Kier molecular flexibility index (Phi) is 6.25. The predicted octanol–water partition coefficient (Wildman–Crippen LogP) is 0.850. The van der Waals surface area contributed by atoms with Crippen molar-refractivity contribution < 1.29 is 9.90 Å². The Bertz CT molecular complexity index is 644.